The molecule has 9 nitrogen and oxygen atoms in total. The number of aryl methyl sites for hydroxylation is 1. The minimum Gasteiger partial charge on any atom is -0.370 e. The van der Waals surface area contributed by atoms with Gasteiger partial charge in [-0.1, -0.05) is 17.0 Å². The van der Waals surface area contributed by atoms with E-state index in [1.54, 1.807) is 17.1 Å². The van der Waals surface area contributed by atoms with E-state index in [-0.39, 0.29) is 18.1 Å². The van der Waals surface area contributed by atoms with Crippen LogP contribution in [-0.2, 0) is 23.2 Å². The van der Waals surface area contributed by atoms with E-state index in [0.717, 1.165) is 17.3 Å². The van der Waals surface area contributed by atoms with Crippen LogP contribution in [0.3, 0.4) is 0 Å². The summed E-state index contributed by atoms with van der Waals surface area (Å²) in [6.07, 6.45) is 4.29. The number of aromatic nitrogens is 6. The molecule has 0 saturated carbocycles. The summed E-state index contributed by atoms with van der Waals surface area (Å²) in [6.45, 7) is 1.87. The first-order valence-electron chi connectivity index (χ1n) is 7.47. The van der Waals surface area contributed by atoms with E-state index in [9.17, 15) is 4.79 Å². The monoisotopic (exact) mass is 335 g/mol. The third kappa shape index (κ3) is 2.72. The van der Waals surface area contributed by atoms with Crippen molar-refractivity contribution in [3.05, 3.63) is 18.2 Å². The Labute approximate surface area is 137 Å². The molecular weight excluding hydrogens is 318 g/mol. The van der Waals surface area contributed by atoms with Crippen molar-refractivity contribution in [3.63, 3.8) is 0 Å². The molecule has 0 aromatic carbocycles. The molecule has 0 N–H and O–H groups in total. The number of hydrogen-bond donors (Lipinski definition) is 0. The molecule has 2 aliphatic rings. The van der Waals surface area contributed by atoms with E-state index in [2.05, 4.69) is 20.5 Å². The number of thioether (sulfide) groups is 1. The zero-order chi connectivity index (χ0) is 15.8. The maximum atomic E-state index is 12.5. The normalized spacial score (nSPS) is 23.4. The second kappa shape index (κ2) is 5.93. The summed E-state index contributed by atoms with van der Waals surface area (Å²) in [4.78, 5) is 14.4. The van der Waals surface area contributed by atoms with Crippen molar-refractivity contribution in [2.24, 2.45) is 7.05 Å². The van der Waals surface area contributed by atoms with Crippen molar-refractivity contribution in [2.45, 2.75) is 30.3 Å². The molecule has 0 aliphatic carbocycles. The lowest BCUT2D eigenvalue weighted by Crippen LogP contribution is -2.50. The summed E-state index contributed by atoms with van der Waals surface area (Å²) < 4.78 is 9.58. The van der Waals surface area contributed by atoms with Crippen LogP contribution in [0.25, 0.3) is 0 Å². The van der Waals surface area contributed by atoms with E-state index in [0.29, 0.717) is 25.4 Å². The number of nitrogens with zero attached hydrogens (tertiary/aromatic N) is 7. The Kier molecular flexibility index (Phi) is 3.77. The second-order valence-corrected chi connectivity index (χ2v) is 6.67. The summed E-state index contributed by atoms with van der Waals surface area (Å²) in [7, 11) is 1.86. The van der Waals surface area contributed by atoms with Crippen molar-refractivity contribution >= 4 is 17.7 Å². The second-order valence-electron chi connectivity index (χ2n) is 5.73. The Morgan fingerprint density at radius 3 is 3.22 bits per heavy atom. The minimum atomic E-state index is 0.0544. The summed E-state index contributed by atoms with van der Waals surface area (Å²) >= 11 is 1.40. The molecule has 2 aromatic rings. The highest BCUT2D eigenvalue weighted by molar-refractivity contribution is 7.99. The van der Waals surface area contributed by atoms with Crippen molar-refractivity contribution in [3.8, 4) is 0 Å². The van der Waals surface area contributed by atoms with E-state index in [1.807, 2.05) is 16.6 Å². The predicted octanol–water partition coefficient (Wildman–Crippen LogP) is -0.129. The lowest BCUT2D eigenvalue weighted by atomic mass is 10.0. The summed E-state index contributed by atoms with van der Waals surface area (Å²) in [5.74, 6) is 0.457. The third-order valence-corrected chi connectivity index (χ3v) is 5.30. The summed E-state index contributed by atoms with van der Waals surface area (Å²) in [5.41, 5.74) is 0.967. The molecule has 4 heterocycles. The highest BCUT2D eigenvalue weighted by Crippen LogP contribution is 2.30. The van der Waals surface area contributed by atoms with Gasteiger partial charge in [-0.15, -0.1) is 15.3 Å². The van der Waals surface area contributed by atoms with Crippen LogP contribution in [0.2, 0.25) is 0 Å². The average Bonchev–Trinajstić information content (AvgIpc) is 3.20. The lowest BCUT2D eigenvalue weighted by Gasteiger charge is -2.40. The maximum absolute atomic E-state index is 12.5. The fraction of sp³-hybridized carbons (Fsp3) is 0.615. The van der Waals surface area contributed by atoms with Crippen LogP contribution in [0.1, 0.15) is 18.2 Å². The smallest absolute Gasteiger partial charge is 0.233 e. The van der Waals surface area contributed by atoms with E-state index >= 15 is 0 Å². The molecule has 2 atom stereocenters. The van der Waals surface area contributed by atoms with Crippen LogP contribution < -0.4 is 0 Å². The standard InChI is InChI=1S/C13H17N7O2S/c1-18-8-15-16-13(18)23-7-12(21)19-3-2-11-10(5-19)20-9(6-22-11)4-14-17-20/h4,8,10-11H,2-3,5-7H2,1H3/t10-,11-/m1/s1. The largest absolute Gasteiger partial charge is 0.370 e. The first kappa shape index (κ1) is 14.6. The van der Waals surface area contributed by atoms with Crippen LogP contribution in [0.15, 0.2) is 17.7 Å². The molecule has 122 valence electrons. The van der Waals surface area contributed by atoms with Gasteiger partial charge in [-0.2, -0.15) is 0 Å². The number of ether oxygens (including phenoxy) is 1. The van der Waals surface area contributed by atoms with Crippen LogP contribution >= 0.6 is 11.8 Å². The molecular formula is C13H17N7O2S. The van der Waals surface area contributed by atoms with Gasteiger partial charge in [-0.25, -0.2) is 4.68 Å². The highest BCUT2D eigenvalue weighted by Gasteiger charge is 2.37. The van der Waals surface area contributed by atoms with Gasteiger partial charge in [-0.3, -0.25) is 4.79 Å². The van der Waals surface area contributed by atoms with Gasteiger partial charge in [0.1, 0.15) is 6.33 Å². The van der Waals surface area contributed by atoms with E-state index < -0.39 is 0 Å². The van der Waals surface area contributed by atoms with Crippen LogP contribution in [-0.4, -0.2) is 65.5 Å². The van der Waals surface area contributed by atoms with Gasteiger partial charge in [0.25, 0.3) is 0 Å². The third-order valence-electron chi connectivity index (χ3n) is 4.28. The van der Waals surface area contributed by atoms with Crippen molar-refractivity contribution in [1.29, 1.82) is 0 Å². The summed E-state index contributed by atoms with van der Waals surface area (Å²) in [6, 6.07) is 0.0544. The Morgan fingerprint density at radius 1 is 1.48 bits per heavy atom. The van der Waals surface area contributed by atoms with Gasteiger partial charge in [0.2, 0.25) is 5.91 Å². The highest BCUT2D eigenvalue weighted by atomic mass is 32.2. The number of rotatable bonds is 3. The summed E-state index contributed by atoms with van der Waals surface area (Å²) in [5, 5.41) is 16.7. The molecule has 23 heavy (non-hydrogen) atoms. The number of amides is 1. The van der Waals surface area contributed by atoms with Gasteiger partial charge in [0.05, 0.1) is 36.4 Å². The SMILES string of the molecule is Cn1cnnc1SCC(=O)N1CC[C@H]2OCc3cnnn3[C@@H]2C1. The van der Waals surface area contributed by atoms with Crippen LogP contribution in [0.5, 0.6) is 0 Å². The lowest BCUT2D eigenvalue weighted by molar-refractivity contribution is -0.135. The van der Waals surface area contributed by atoms with Crippen molar-refractivity contribution < 1.29 is 9.53 Å². The van der Waals surface area contributed by atoms with Crippen molar-refractivity contribution in [2.75, 3.05) is 18.8 Å². The maximum Gasteiger partial charge on any atom is 0.233 e. The number of fused-ring (bicyclic) bond motifs is 3. The number of likely N-dealkylation sites (tertiary alicyclic amines) is 1. The van der Waals surface area contributed by atoms with E-state index in [4.69, 9.17) is 4.74 Å². The molecule has 1 amide bonds. The zero-order valence-electron chi connectivity index (χ0n) is 12.7. The minimum absolute atomic E-state index is 0.0544. The fourth-order valence-electron chi connectivity index (χ4n) is 3.03. The number of piperidine rings is 1. The molecule has 1 fully saturated rings. The van der Waals surface area contributed by atoms with Gasteiger partial charge >= 0.3 is 0 Å². The van der Waals surface area contributed by atoms with Crippen molar-refractivity contribution in [1.82, 2.24) is 34.7 Å². The molecule has 0 bridgehead atoms. The van der Waals surface area contributed by atoms with Gasteiger partial charge in [0.15, 0.2) is 5.16 Å². The Balaban J connectivity index is 1.41. The molecule has 0 radical (unpaired) electrons. The van der Waals surface area contributed by atoms with Gasteiger partial charge in [-0.05, 0) is 6.42 Å². The Bertz CT molecular complexity index is 715. The molecule has 0 unspecified atom stereocenters. The van der Waals surface area contributed by atoms with E-state index in [1.165, 1.54) is 11.8 Å². The quantitative estimate of drug-likeness (QED) is 0.722. The molecule has 10 heteroatoms. The molecule has 4 rings (SSSR count). The number of hydrogen-bond acceptors (Lipinski definition) is 7. The number of carbonyl (C=O) groups is 1. The average molecular weight is 335 g/mol. The van der Waals surface area contributed by atoms with Gasteiger partial charge in [0, 0.05) is 20.1 Å². The van der Waals surface area contributed by atoms with Crippen LogP contribution in [0.4, 0.5) is 0 Å². The fourth-order valence-corrected chi connectivity index (χ4v) is 3.82. The molecule has 2 aromatic heterocycles. The zero-order valence-corrected chi connectivity index (χ0v) is 13.5. The predicted molar refractivity (Wildman–Crippen MR) is 80.6 cm³/mol. The molecule has 2 aliphatic heterocycles. The molecule has 1 saturated heterocycles. The topological polar surface area (TPSA) is 91.0 Å². The Morgan fingerprint density at radius 2 is 2.39 bits per heavy atom. The number of carbonyl (C=O) groups excluding carboxylic acids is 1. The van der Waals surface area contributed by atoms with Crippen LogP contribution in [0, 0.1) is 0 Å². The first-order chi connectivity index (χ1) is 11.2. The first-order valence-corrected chi connectivity index (χ1v) is 8.46. The molecule has 0 spiro atoms. The Hall–Kier alpha value is -1.94. The van der Waals surface area contributed by atoms with Gasteiger partial charge < -0.3 is 14.2 Å².